The topological polar surface area (TPSA) is 73.6 Å². The molecule has 8 nitrogen and oxygen atoms in total. The maximum Gasteiger partial charge on any atom is 0.244 e. The number of ether oxygens (including phenoxy) is 1. The Morgan fingerprint density at radius 3 is 2.76 bits per heavy atom. The van der Waals surface area contributed by atoms with Crippen LogP contribution < -0.4 is 10.2 Å². The van der Waals surface area contributed by atoms with Crippen LogP contribution in [-0.4, -0.2) is 84.7 Å². The first-order chi connectivity index (χ1) is 16.1. The zero-order valence-electron chi connectivity index (χ0n) is 18.5. The summed E-state index contributed by atoms with van der Waals surface area (Å²) in [6.45, 7) is 6.48. The number of halogens is 1. The summed E-state index contributed by atoms with van der Waals surface area (Å²) in [5.74, 6) is 0.818. The molecule has 5 rings (SSSR count). The van der Waals surface area contributed by atoms with Gasteiger partial charge in [-0.3, -0.25) is 14.6 Å². The first kappa shape index (κ1) is 22.5. The van der Waals surface area contributed by atoms with E-state index >= 15 is 0 Å². The van der Waals surface area contributed by atoms with Crippen molar-refractivity contribution in [2.75, 3.05) is 63.2 Å². The lowest BCUT2D eigenvalue weighted by Gasteiger charge is -2.26. The smallest absolute Gasteiger partial charge is 0.244 e. The van der Waals surface area contributed by atoms with Crippen molar-refractivity contribution in [3.63, 3.8) is 0 Å². The maximum absolute atomic E-state index is 12.7. The number of carbonyl (C=O) groups is 1. The predicted octanol–water partition coefficient (Wildman–Crippen LogP) is 3.46. The Morgan fingerprint density at radius 1 is 1.18 bits per heavy atom. The van der Waals surface area contributed by atoms with Crippen molar-refractivity contribution in [1.29, 1.82) is 0 Å². The number of pyridine rings is 1. The molecule has 10 heteroatoms. The minimum Gasteiger partial charge on any atom is -0.379 e. The van der Waals surface area contributed by atoms with Gasteiger partial charge in [-0.05, 0) is 49.4 Å². The Balaban J connectivity index is 1.15. The second-order valence-corrected chi connectivity index (χ2v) is 9.77. The Hall–Kier alpha value is -2.30. The van der Waals surface area contributed by atoms with Gasteiger partial charge in [-0.15, -0.1) is 0 Å². The molecule has 2 saturated heterocycles. The fourth-order valence-electron chi connectivity index (χ4n) is 4.03. The van der Waals surface area contributed by atoms with E-state index in [9.17, 15) is 4.79 Å². The number of anilines is 3. The molecule has 2 unspecified atom stereocenters. The monoisotopic (exact) mass is 486 g/mol. The fourth-order valence-corrected chi connectivity index (χ4v) is 4.99. The van der Waals surface area contributed by atoms with Gasteiger partial charge in [-0.1, -0.05) is 22.9 Å². The molecule has 0 aliphatic carbocycles. The number of nitrogens with one attached hydrogen (secondary N) is 1. The van der Waals surface area contributed by atoms with Gasteiger partial charge in [0.25, 0.3) is 0 Å². The van der Waals surface area contributed by atoms with Crippen LogP contribution in [0.25, 0.3) is 10.3 Å². The Morgan fingerprint density at radius 2 is 1.97 bits per heavy atom. The number of hydrogen-bond donors (Lipinski definition) is 1. The van der Waals surface area contributed by atoms with Crippen LogP contribution in [0.3, 0.4) is 0 Å². The van der Waals surface area contributed by atoms with Crippen molar-refractivity contribution in [3.05, 3.63) is 41.4 Å². The van der Waals surface area contributed by atoms with Crippen LogP contribution in [0.15, 0.2) is 36.4 Å². The highest BCUT2D eigenvalue weighted by Gasteiger charge is 2.40. The zero-order valence-corrected chi connectivity index (χ0v) is 20.1. The van der Waals surface area contributed by atoms with Crippen molar-refractivity contribution in [2.24, 2.45) is 0 Å². The third-order valence-corrected chi connectivity index (χ3v) is 7.20. The van der Waals surface area contributed by atoms with Crippen LogP contribution in [0.1, 0.15) is 6.42 Å². The number of carbonyl (C=O) groups excluding carboxylic acids is 1. The summed E-state index contributed by atoms with van der Waals surface area (Å²) in [5.41, 5.74) is 1.77. The first-order valence-electron chi connectivity index (χ1n) is 11.2. The number of thiazole rings is 1. The molecule has 2 aliphatic heterocycles. The van der Waals surface area contributed by atoms with Gasteiger partial charge < -0.3 is 15.0 Å². The number of nitrogens with zero attached hydrogens (tertiary/aromatic N) is 5. The van der Waals surface area contributed by atoms with Crippen LogP contribution in [0, 0.1) is 0 Å². The van der Waals surface area contributed by atoms with Gasteiger partial charge in [0.2, 0.25) is 5.91 Å². The van der Waals surface area contributed by atoms with Gasteiger partial charge in [0.15, 0.2) is 5.13 Å². The lowest BCUT2D eigenvalue weighted by Crippen LogP contribution is -2.37. The van der Waals surface area contributed by atoms with Gasteiger partial charge in [-0.2, -0.15) is 0 Å². The highest BCUT2D eigenvalue weighted by molar-refractivity contribution is 7.22. The molecule has 33 heavy (non-hydrogen) atoms. The Bertz CT molecular complexity index is 1120. The molecule has 0 radical (unpaired) electrons. The molecule has 2 fully saturated rings. The van der Waals surface area contributed by atoms with Crippen LogP contribution in [-0.2, 0) is 9.53 Å². The normalized spacial score (nSPS) is 20.7. The van der Waals surface area contributed by atoms with E-state index in [2.05, 4.69) is 20.1 Å². The van der Waals surface area contributed by atoms with Gasteiger partial charge in [0, 0.05) is 43.9 Å². The number of rotatable bonds is 8. The summed E-state index contributed by atoms with van der Waals surface area (Å²) < 4.78 is 5.39. The average molecular weight is 487 g/mol. The van der Waals surface area contributed by atoms with E-state index < -0.39 is 0 Å². The van der Waals surface area contributed by atoms with E-state index in [4.69, 9.17) is 21.3 Å². The molecule has 1 aromatic carbocycles. The molecule has 2 aromatic heterocycles. The van der Waals surface area contributed by atoms with Crippen LogP contribution in [0.2, 0.25) is 5.02 Å². The molecular formula is C23H27ClN6O2S. The minimum atomic E-state index is -0.0544. The summed E-state index contributed by atoms with van der Waals surface area (Å²) in [6.07, 6.45) is 1.07. The van der Waals surface area contributed by atoms with Crippen LogP contribution >= 0.6 is 22.9 Å². The lowest BCUT2D eigenvalue weighted by molar-refractivity contribution is -0.116. The summed E-state index contributed by atoms with van der Waals surface area (Å²) in [5, 5.41) is 4.27. The molecule has 1 amide bonds. The Labute approximate surface area is 202 Å². The van der Waals surface area contributed by atoms with E-state index in [0.29, 0.717) is 10.2 Å². The Kier molecular flexibility index (Phi) is 6.75. The largest absolute Gasteiger partial charge is 0.379 e. The molecule has 0 bridgehead atoms. The summed E-state index contributed by atoms with van der Waals surface area (Å²) in [4.78, 5) is 29.4. The van der Waals surface area contributed by atoms with Crippen LogP contribution in [0.5, 0.6) is 0 Å². The van der Waals surface area contributed by atoms with Gasteiger partial charge in [-0.25, -0.2) is 9.97 Å². The number of hydrogen-bond acceptors (Lipinski definition) is 8. The maximum atomic E-state index is 12.7. The molecule has 0 spiro atoms. The van der Waals surface area contributed by atoms with E-state index in [1.165, 1.54) is 11.3 Å². The fraction of sp³-hybridized carbons (Fsp3) is 0.435. The molecule has 1 N–H and O–H groups in total. The number of aromatic nitrogens is 2. The van der Waals surface area contributed by atoms with Crippen LogP contribution in [0.4, 0.5) is 16.6 Å². The molecule has 4 heterocycles. The third-order valence-electron chi connectivity index (χ3n) is 6.07. The molecule has 174 valence electrons. The predicted molar refractivity (Wildman–Crippen MR) is 133 cm³/mol. The van der Waals surface area contributed by atoms with E-state index in [-0.39, 0.29) is 11.9 Å². The third kappa shape index (κ3) is 5.44. The van der Waals surface area contributed by atoms with E-state index in [1.807, 2.05) is 48.3 Å². The van der Waals surface area contributed by atoms with Crippen molar-refractivity contribution in [3.8, 4) is 0 Å². The van der Waals surface area contributed by atoms with Gasteiger partial charge in [0.1, 0.15) is 22.2 Å². The summed E-state index contributed by atoms with van der Waals surface area (Å²) in [6, 6.07) is 11.4. The second kappa shape index (κ2) is 9.90. The second-order valence-electron chi connectivity index (χ2n) is 8.36. The van der Waals surface area contributed by atoms with E-state index in [1.54, 1.807) is 0 Å². The zero-order chi connectivity index (χ0) is 22.8. The number of morpholine rings is 1. The lowest BCUT2D eigenvalue weighted by atomic mass is 10.3. The molecule has 2 aliphatic rings. The van der Waals surface area contributed by atoms with Gasteiger partial charge in [0.05, 0.1) is 13.2 Å². The molecular weight excluding hydrogens is 460 g/mol. The highest BCUT2D eigenvalue weighted by Crippen LogP contribution is 2.30. The molecule has 2 atom stereocenters. The number of fused-ring (bicyclic) bond motifs is 1. The SMILES string of the molecule is CN(c1ccc(Cl)cc1)c1ccc2nc(NC(=O)C3CN3CCCN3CCOCC3)sc2n1. The van der Waals surface area contributed by atoms with Crippen molar-refractivity contribution >= 4 is 55.8 Å². The minimum absolute atomic E-state index is 0.0129. The van der Waals surface area contributed by atoms with Crippen molar-refractivity contribution in [2.45, 2.75) is 12.5 Å². The van der Waals surface area contributed by atoms with E-state index in [0.717, 1.165) is 74.2 Å². The highest BCUT2D eigenvalue weighted by atomic mass is 35.5. The first-order valence-corrected chi connectivity index (χ1v) is 12.4. The molecule has 0 saturated carbocycles. The van der Waals surface area contributed by atoms with Crippen molar-refractivity contribution in [1.82, 2.24) is 19.8 Å². The van der Waals surface area contributed by atoms with Gasteiger partial charge >= 0.3 is 0 Å². The summed E-state index contributed by atoms with van der Waals surface area (Å²) in [7, 11) is 1.96. The average Bonchev–Trinajstić information content (AvgIpc) is 3.50. The summed E-state index contributed by atoms with van der Waals surface area (Å²) >= 11 is 7.39. The number of amides is 1. The standard InChI is InChI=1S/C23H27ClN6O2S/c1-28(17-5-3-16(24)4-6-17)20-8-7-18-22(26-20)33-23(25-18)27-21(31)19-15-30(19)10-2-9-29-11-13-32-14-12-29/h3-8,19H,2,9-15H2,1H3,(H,25,27,31). The number of benzene rings is 1. The quantitative estimate of drug-likeness (QED) is 0.489. The van der Waals surface area contributed by atoms with Crippen molar-refractivity contribution < 1.29 is 9.53 Å². The molecule has 3 aromatic rings.